The van der Waals surface area contributed by atoms with Gasteiger partial charge in [0.1, 0.15) is 0 Å². The minimum atomic E-state index is 0.121. The summed E-state index contributed by atoms with van der Waals surface area (Å²) >= 11 is 0. The fourth-order valence-corrected chi connectivity index (χ4v) is 3.11. The molecule has 1 heterocycles. The molecule has 3 rings (SSSR count). The molecular formula is C18H22N2O. The zero-order valence-electron chi connectivity index (χ0n) is 12.7. The van der Waals surface area contributed by atoms with Gasteiger partial charge >= 0.3 is 0 Å². The van der Waals surface area contributed by atoms with Crippen molar-refractivity contribution < 1.29 is 4.79 Å². The fraction of sp³-hybridized carbons (Fsp3) is 0.389. The molecular weight excluding hydrogens is 260 g/mol. The molecule has 3 heteroatoms. The Hall–Kier alpha value is -1.87. The molecule has 0 aromatic heterocycles. The average molecular weight is 282 g/mol. The highest BCUT2D eigenvalue weighted by Crippen LogP contribution is 2.20. The van der Waals surface area contributed by atoms with Crippen molar-refractivity contribution in [3.8, 4) is 0 Å². The quantitative estimate of drug-likeness (QED) is 0.938. The molecule has 21 heavy (non-hydrogen) atoms. The monoisotopic (exact) mass is 282 g/mol. The number of carbonyl (C=O) groups is 1. The van der Waals surface area contributed by atoms with E-state index in [-0.39, 0.29) is 11.8 Å². The van der Waals surface area contributed by atoms with Gasteiger partial charge in [-0.05, 0) is 34.9 Å². The maximum Gasteiger partial charge on any atom is 0.227 e. The molecule has 1 fully saturated rings. The van der Waals surface area contributed by atoms with Crippen molar-refractivity contribution in [2.24, 2.45) is 11.8 Å². The zero-order valence-corrected chi connectivity index (χ0v) is 12.7. The smallest absolute Gasteiger partial charge is 0.227 e. The van der Waals surface area contributed by atoms with Gasteiger partial charge in [-0.25, -0.2) is 0 Å². The van der Waals surface area contributed by atoms with Gasteiger partial charge in [0.25, 0.3) is 0 Å². The number of amides is 1. The van der Waals surface area contributed by atoms with E-state index in [1.165, 1.54) is 16.3 Å². The molecule has 1 amide bonds. The molecule has 0 bridgehead atoms. The first-order valence-corrected chi connectivity index (χ1v) is 7.58. The Morgan fingerprint density at radius 1 is 1.19 bits per heavy atom. The lowest BCUT2D eigenvalue weighted by Gasteiger charge is -2.23. The third-order valence-corrected chi connectivity index (χ3v) is 4.44. The second-order valence-corrected chi connectivity index (χ2v) is 6.12. The lowest BCUT2D eigenvalue weighted by molar-refractivity contribution is -0.135. The maximum atomic E-state index is 12.5. The van der Waals surface area contributed by atoms with Gasteiger partial charge in [-0.1, -0.05) is 43.3 Å². The van der Waals surface area contributed by atoms with Gasteiger partial charge in [-0.2, -0.15) is 0 Å². The first-order chi connectivity index (χ1) is 10.1. The van der Waals surface area contributed by atoms with Gasteiger partial charge in [-0.15, -0.1) is 0 Å². The standard InChI is InChI=1S/C18H22N2O/c1-13-10-19-11-17(13)18(21)20(2)12-14-7-8-15-5-3-4-6-16(15)9-14/h3-9,13,17,19H,10-12H2,1-2H3. The highest BCUT2D eigenvalue weighted by Gasteiger charge is 2.31. The van der Waals surface area contributed by atoms with E-state index in [1.54, 1.807) is 0 Å². The molecule has 2 aromatic rings. The number of nitrogens with one attached hydrogen (secondary N) is 1. The normalized spacial score (nSPS) is 21.6. The highest BCUT2D eigenvalue weighted by molar-refractivity contribution is 5.83. The van der Waals surface area contributed by atoms with Crippen LogP contribution < -0.4 is 5.32 Å². The Kier molecular flexibility index (Phi) is 3.93. The van der Waals surface area contributed by atoms with Crippen LogP contribution in [0.3, 0.4) is 0 Å². The topological polar surface area (TPSA) is 32.3 Å². The van der Waals surface area contributed by atoms with Gasteiger partial charge in [0.05, 0.1) is 5.92 Å². The van der Waals surface area contributed by atoms with Crippen molar-refractivity contribution in [1.82, 2.24) is 10.2 Å². The van der Waals surface area contributed by atoms with E-state index in [9.17, 15) is 4.79 Å². The number of fused-ring (bicyclic) bond motifs is 1. The van der Waals surface area contributed by atoms with Crippen LogP contribution in [0, 0.1) is 11.8 Å². The molecule has 2 atom stereocenters. The van der Waals surface area contributed by atoms with Crippen LogP contribution in [-0.2, 0) is 11.3 Å². The van der Waals surface area contributed by atoms with Crippen molar-refractivity contribution in [2.75, 3.05) is 20.1 Å². The van der Waals surface area contributed by atoms with Crippen LogP contribution in [0.1, 0.15) is 12.5 Å². The van der Waals surface area contributed by atoms with E-state index >= 15 is 0 Å². The van der Waals surface area contributed by atoms with E-state index in [1.807, 2.05) is 24.1 Å². The summed E-state index contributed by atoms with van der Waals surface area (Å²) in [5.41, 5.74) is 1.18. The summed E-state index contributed by atoms with van der Waals surface area (Å²) in [4.78, 5) is 14.4. The Balaban J connectivity index is 1.73. The molecule has 3 nitrogen and oxygen atoms in total. The maximum absolute atomic E-state index is 12.5. The van der Waals surface area contributed by atoms with Crippen LogP contribution in [0.25, 0.3) is 10.8 Å². The first kappa shape index (κ1) is 14.1. The van der Waals surface area contributed by atoms with Gasteiger partial charge in [-0.3, -0.25) is 4.79 Å². The lowest BCUT2D eigenvalue weighted by Crippen LogP contribution is -2.35. The van der Waals surface area contributed by atoms with E-state index in [4.69, 9.17) is 0 Å². The first-order valence-electron chi connectivity index (χ1n) is 7.58. The van der Waals surface area contributed by atoms with Crippen LogP contribution in [0.5, 0.6) is 0 Å². The average Bonchev–Trinajstić information content (AvgIpc) is 2.92. The van der Waals surface area contributed by atoms with Crippen LogP contribution in [-0.4, -0.2) is 30.9 Å². The van der Waals surface area contributed by atoms with Crippen molar-refractivity contribution in [1.29, 1.82) is 0 Å². The lowest BCUT2D eigenvalue weighted by atomic mass is 9.96. The van der Waals surface area contributed by atoms with Gasteiger partial charge in [0.2, 0.25) is 5.91 Å². The third kappa shape index (κ3) is 2.93. The second kappa shape index (κ2) is 5.86. The number of hydrogen-bond donors (Lipinski definition) is 1. The van der Waals surface area contributed by atoms with Gasteiger partial charge in [0.15, 0.2) is 0 Å². The molecule has 0 radical (unpaired) electrons. The summed E-state index contributed by atoms with van der Waals surface area (Å²) in [6.45, 7) is 4.57. The van der Waals surface area contributed by atoms with Crippen LogP contribution in [0.4, 0.5) is 0 Å². The molecule has 1 aliphatic heterocycles. The predicted octanol–water partition coefficient (Wildman–Crippen LogP) is 2.65. The van der Waals surface area contributed by atoms with Crippen molar-refractivity contribution in [3.05, 3.63) is 48.0 Å². The molecule has 1 N–H and O–H groups in total. The molecule has 1 aliphatic rings. The summed E-state index contributed by atoms with van der Waals surface area (Å²) in [6.07, 6.45) is 0. The minimum absolute atomic E-state index is 0.121. The largest absolute Gasteiger partial charge is 0.341 e. The molecule has 0 aliphatic carbocycles. The Bertz CT molecular complexity index is 652. The van der Waals surface area contributed by atoms with Gasteiger partial charge < -0.3 is 10.2 Å². The SMILES string of the molecule is CC1CNCC1C(=O)N(C)Cc1ccc2ccccc2c1. The van der Waals surface area contributed by atoms with Crippen LogP contribution in [0.15, 0.2) is 42.5 Å². The van der Waals surface area contributed by atoms with Crippen LogP contribution in [0.2, 0.25) is 0 Å². The highest BCUT2D eigenvalue weighted by atomic mass is 16.2. The van der Waals surface area contributed by atoms with E-state index in [0.29, 0.717) is 12.5 Å². The zero-order chi connectivity index (χ0) is 14.8. The number of nitrogens with zero attached hydrogens (tertiary/aromatic N) is 1. The Morgan fingerprint density at radius 3 is 2.67 bits per heavy atom. The Labute approximate surface area is 125 Å². The number of hydrogen-bond acceptors (Lipinski definition) is 2. The van der Waals surface area contributed by atoms with Crippen molar-refractivity contribution in [2.45, 2.75) is 13.5 Å². The molecule has 0 saturated carbocycles. The Morgan fingerprint density at radius 2 is 1.95 bits per heavy atom. The second-order valence-electron chi connectivity index (χ2n) is 6.12. The fourth-order valence-electron chi connectivity index (χ4n) is 3.11. The number of rotatable bonds is 3. The molecule has 2 aromatic carbocycles. The van der Waals surface area contributed by atoms with Crippen LogP contribution >= 0.6 is 0 Å². The summed E-state index contributed by atoms with van der Waals surface area (Å²) in [5, 5.41) is 5.77. The van der Waals surface area contributed by atoms with Crippen molar-refractivity contribution >= 4 is 16.7 Å². The summed E-state index contributed by atoms with van der Waals surface area (Å²) in [6, 6.07) is 14.7. The van der Waals surface area contributed by atoms with Gasteiger partial charge in [0, 0.05) is 20.1 Å². The predicted molar refractivity (Wildman–Crippen MR) is 85.9 cm³/mol. The minimum Gasteiger partial charge on any atom is -0.341 e. The van der Waals surface area contributed by atoms with E-state index in [2.05, 4.69) is 42.6 Å². The van der Waals surface area contributed by atoms with E-state index in [0.717, 1.165) is 13.1 Å². The number of benzene rings is 2. The van der Waals surface area contributed by atoms with Crippen molar-refractivity contribution in [3.63, 3.8) is 0 Å². The summed E-state index contributed by atoms with van der Waals surface area (Å²) in [5.74, 6) is 0.799. The molecule has 110 valence electrons. The summed E-state index contributed by atoms with van der Waals surface area (Å²) in [7, 11) is 1.91. The molecule has 2 unspecified atom stereocenters. The van der Waals surface area contributed by atoms with E-state index < -0.39 is 0 Å². The third-order valence-electron chi connectivity index (χ3n) is 4.44. The summed E-state index contributed by atoms with van der Waals surface area (Å²) < 4.78 is 0. The molecule has 0 spiro atoms. The number of carbonyl (C=O) groups excluding carboxylic acids is 1. The molecule has 1 saturated heterocycles.